The number of halogens is 3. The molecule has 0 atom stereocenters. The van der Waals surface area contributed by atoms with Crippen molar-refractivity contribution in [1.82, 2.24) is 9.80 Å². The second-order valence-electron chi connectivity index (χ2n) is 7.04. The van der Waals surface area contributed by atoms with E-state index >= 15 is 0 Å². The zero-order valence-corrected chi connectivity index (χ0v) is 15.8. The van der Waals surface area contributed by atoms with Crippen molar-refractivity contribution in [3.63, 3.8) is 0 Å². The number of carbonyl (C=O) groups is 1. The van der Waals surface area contributed by atoms with Crippen LogP contribution in [-0.2, 0) is 17.5 Å². The number of hydrogen-bond acceptors (Lipinski definition) is 3. The zero-order chi connectivity index (χ0) is 20.1. The molecule has 1 amide bonds. The predicted molar refractivity (Wildman–Crippen MR) is 103 cm³/mol. The molecule has 0 radical (unpaired) electrons. The number of nitrogens with zero attached hydrogens (tertiary/aromatic N) is 3. The molecule has 28 heavy (non-hydrogen) atoms. The summed E-state index contributed by atoms with van der Waals surface area (Å²) in [5, 5.41) is 0. The maximum absolute atomic E-state index is 12.6. The minimum Gasteiger partial charge on any atom is -0.314 e. The zero-order valence-electron chi connectivity index (χ0n) is 15.8. The van der Waals surface area contributed by atoms with Gasteiger partial charge in [0.25, 0.3) is 0 Å². The molecule has 0 unspecified atom stereocenters. The van der Waals surface area contributed by atoms with E-state index in [-0.39, 0.29) is 5.91 Å². The van der Waals surface area contributed by atoms with E-state index < -0.39 is 11.7 Å². The molecule has 1 aliphatic heterocycles. The third kappa shape index (κ3) is 5.33. The van der Waals surface area contributed by atoms with Crippen LogP contribution in [0.1, 0.15) is 11.1 Å². The Kier molecular flexibility index (Phi) is 6.36. The van der Waals surface area contributed by atoms with E-state index in [4.69, 9.17) is 0 Å². The Morgan fingerprint density at radius 2 is 1.50 bits per heavy atom. The average molecular weight is 391 g/mol. The fraction of sp³-hybridized carbons (Fsp3) is 0.381. The Bertz CT molecular complexity index is 770. The Hall–Kier alpha value is -2.38. The van der Waals surface area contributed by atoms with Crippen molar-refractivity contribution in [2.24, 2.45) is 0 Å². The number of para-hydroxylation sites is 1. The molecule has 0 aliphatic carbocycles. The van der Waals surface area contributed by atoms with Crippen molar-refractivity contribution in [2.75, 3.05) is 44.7 Å². The maximum atomic E-state index is 12.6. The van der Waals surface area contributed by atoms with E-state index in [9.17, 15) is 18.0 Å². The van der Waals surface area contributed by atoms with Gasteiger partial charge in [0.15, 0.2) is 0 Å². The Morgan fingerprint density at radius 1 is 0.929 bits per heavy atom. The summed E-state index contributed by atoms with van der Waals surface area (Å²) in [5.41, 5.74) is 1.11. The smallest absolute Gasteiger partial charge is 0.314 e. The lowest BCUT2D eigenvalue weighted by atomic mass is 10.1. The average Bonchev–Trinajstić information content (AvgIpc) is 2.69. The van der Waals surface area contributed by atoms with Gasteiger partial charge in [-0.2, -0.15) is 13.2 Å². The van der Waals surface area contributed by atoms with E-state index in [1.54, 1.807) is 11.9 Å². The monoisotopic (exact) mass is 391 g/mol. The van der Waals surface area contributed by atoms with Gasteiger partial charge in [-0.15, -0.1) is 0 Å². The number of alkyl halides is 3. The first-order valence-electron chi connectivity index (χ1n) is 9.25. The third-order valence-corrected chi connectivity index (χ3v) is 5.03. The minimum absolute atomic E-state index is 0.0439. The van der Waals surface area contributed by atoms with Crippen molar-refractivity contribution in [3.8, 4) is 0 Å². The van der Waals surface area contributed by atoms with Gasteiger partial charge in [-0.1, -0.05) is 30.3 Å². The molecule has 3 rings (SSSR count). The maximum Gasteiger partial charge on any atom is 0.416 e. The Morgan fingerprint density at radius 3 is 2.07 bits per heavy atom. The van der Waals surface area contributed by atoms with Gasteiger partial charge in [0.1, 0.15) is 0 Å². The molecular weight excluding hydrogens is 367 g/mol. The van der Waals surface area contributed by atoms with Gasteiger partial charge in [0.05, 0.1) is 12.1 Å². The van der Waals surface area contributed by atoms with Crippen LogP contribution in [0.3, 0.4) is 0 Å². The van der Waals surface area contributed by atoms with Crippen molar-refractivity contribution >= 4 is 11.6 Å². The number of likely N-dealkylation sites (N-methyl/N-ethyl adjacent to an activating group) is 1. The minimum atomic E-state index is -4.30. The van der Waals surface area contributed by atoms with E-state index in [0.29, 0.717) is 13.1 Å². The van der Waals surface area contributed by atoms with Gasteiger partial charge in [-0.05, 0) is 29.8 Å². The lowest BCUT2D eigenvalue weighted by Crippen LogP contribution is -2.49. The van der Waals surface area contributed by atoms with Gasteiger partial charge in [-0.3, -0.25) is 14.6 Å². The standard InChI is InChI=1S/C21H24F3N3O/c1-25(19-5-3-2-4-6-19)20(28)16-27-13-11-26(12-14-27)15-17-7-9-18(10-8-17)21(22,23)24/h2-10H,11-16H2,1H3. The van der Waals surface area contributed by atoms with Crippen molar-refractivity contribution in [1.29, 1.82) is 0 Å². The summed E-state index contributed by atoms with van der Waals surface area (Å²) >= 11 is 0. The van der Waals surface area contributed by atoms with E-state index in [1.165, 1.54) is 12.1 Å². The largest absolute Gasteiger partial charge is 0.416 e. The second-order valence-corrected chi connectivity index (χ2v) is 7.04. The first-order chi connectivity index (χ1) is 13.3. The number of benzene rings is 2. The molecule has 0 spiro atoms. The molecule has 2 aromatic rings. The fourth-order valence-corrected chi connectivity index (χ4v) is 3.26. The summed E-state index contributed by atoms with van der Waals surface area (Å²) in [6.07, 6.45) is -4.30. The molecule has 0 aromatic heterocycles. The van der Waals surface area contributed by atoms with Crippen molar-refractivity contribution in [2.45, 2.75) is 12.7 Å². The summed E-state index contributed by atoms with van der Waals surface area (Å²) in [6, 6.07) is 14.9. The molecule has 1 heterocycles. The van der Waals surface area contributed by atoms with Crippen LogP contribution in [0.4, 0.5) is 18.9 Å². The number of amides is 1. The number of anilines is 1. The number of rotatable bonds is 5. The predicted octanol–water partition coefficient (Wildman–Crippen LogP) is 3.49. The van der Waals surface area contributed by atoms with Gasteiger partial charge < -0.3 is 4.90 Å². The van der Waals surface area contributed by atoms with Crippen LogP contribution in [-0.4, -0.2) is 55.5 Å². The molecule has 7 heteroatoms. The summed E-state index contributed by atoms with van der Waals surface area (Å²) in [5.74, 6) is 0.0439. The quantitative estimate of drug-likeness (QED) is 0.781. The van der Waals surface area contributed by atoms with Crippen LogP contribution in [0, 0.1) is 0 Å². The highest BCUT2D eigenvalue weighted by molar-refractivity contribution is 5.94. The van der Waals surface area contributed by atoms with Gasteiger partial charge in [0.2, 0.25) is 5.91 Å². The normalized spacial score (nSPS) is 16.1. The topological polar surface area (TPSA) is 26.8 Å². The molecule has 150 valence electrons. The van der Waals surface area contributed by atoms with Crippen LogP contribution in [0.15, 0.2) is 54.6 Å². The highest BCUT2D eigenvalue weighted by Crippen LogP contribution is 2.29. The fourth-order valence-electron chi connectivity index (χ4n) is 3.26. The summed E-state index contributed by atoms with van der Waals surface area (Å²) in [4.78, 5) is 18.5. The van der Waals surface area contributed by atoms with Gasteiger partial charge in [0, 0.05) is 45.5 Å². The van der Waals surface area contributed by atoms with Crippen LogP contribution < -0.4 is 4.90 Å². The van der Waals surface area contributed by atoms with Gasteiger partial charge in [-0.25, -0.2) is 0 Å². The van der Waals surface area contributed by atoms with Crippen LogP contribution in [0.5, 0.6) is 0 Å². The van der Waals surface area contributed by atoms with Crippen LogP contribution in [0.25, 0.3) is 0 Å². The van der Waals surface area contributed by atoms with Gasteiger partial charge >= 0.3 is 6.18 Å². The summed E-state index contributed by atoms with van der Waals surface area (Å²) in [7, 11) is 1.78. The molecule has 1 saturated heterocycles. The van der Waals surface area contributed by atoms with E-state index in [1.807, 2.05) is 30.3 Å². The molecule has 2 aromatic carbocycles. The number of carbonyl (C=O) groups excluding carboxylic acids is 1. The Balaban J connectivity index is 1.46. The number of hydrogen-bond donors (Lipinski definition) is 0. The van der Waals surface area contributed by atoms with Crippen molar-refractivity contribution < 1.29 is 18.0 Å². The van der Waals surface area contributed by atoms with Crippen LogP contribution >= 0.6 is 0 Å². The third-order valence-electron chi connectivity index (χ3n) is 5.03. The first-order valence-corrected chi connectivity index (χ1v) is 9.25. The molecule has 1 fully saturated rings. The molecule has 0 bridgehead atoms. The summed E-state index contributed by atoms with van der Waals surface area (Å²) in [6.45, 7) is 4.06. The highest BCUT2D eigenvalue weighted by atomic mass is 19.4. The lowest BCUT2D eigenvalue weighted by molar-refractivity contribution is -0.137. The molecular formula is C21H24F3N3O. The second kappa shape index (κ2) is 8.75. The summed E-state index contributed by atoms with van der Waals surface area (Å²) < 4.78 is 37.9. The number of piperazine rings is 1. The first kappa shape index (κ1) is 20.4. The Labute approximate surface area is 163 Å². The van der Waals surface area contributed by atoms with E-state index in [0.717, 1.165) is 49.6 Å². The molecule has 1 aliphatic rings. The van der Waals surface area contributed by atoms with Crippen LogP contribution in [0.2, 0.25) is 0 Å². The molecule has 0 saturated carbocycles. The molecule has 0 N–H and O–H groups in total. The van der Waals surface area contributed by atoms with Crippen molar-refractivity contribution in [3.05, 3.63) is 65.7 Å². The molecule has 4 nitrogen and oxygen atoms in total. The lowest BCUT2D eigenvalue weighted by Gasteiger charge is -2.35. The van der Waals surface area contributed by atoms with E-state index in [2.05, 4.69) is 9.80 Å². The highest BCUT2D eigenvalue weighted by Gasteiger charge is 2.30. The SMILES string of the molecule is CN(C(=O)CN1CCN(Cc2ccc(C(F)(F)F)cc2)CC1)c1ccccc1.